The van der Waals surface area contributed by atoms with Crippen LogP contribution in [0.4, 0.5) is 0 Å². The second kappa shape index (κ2) is 5.43. The van der Waals surface area contributed by atoms with Crippen LogP contribution in [0.5, 0.6) is 0 Å². The van der Waals surface area contributed by atoms with E-state index in [1.807, 2.05) is 0 Å². The first-order valence-electron chi connectivity index (χ1n) is 6.87. The Morgan fingerprint density at radius 2 is 2.17 bits per heavy atom. The molecule has 1 N–H and O–H groups in total. The summed E-state index contributed by atoms with van der Waals surface area (Å²) >= 11 is 11.5. The summed E-state index contributed by atoms with van der Waals surface area (Å²) in [6.45, 7) is 3.33. The van der Waals surface area contributed by atoms with Crippen LogP contribution in [0.15, 0.2) is 10.5 Å². The van der Waals surface area contributed by atoms with Gasteiger partial charge in [0.1, 0.15) is 4.34 Å². The van der Waals surface area contributed by atoms with E-state index in [2.05, 4.69) is 34.2 Å². The number of fused-ring (bicyclic) bond motifs is 1. The number of nitrogens with one attached hydrogen (secondary N) is 1. The highest BCUT2D eigenvalue weighted by atomic mass is 79.9. The molecule has 0 radical (unpaired) electrons. The van der Waals surface area contributed by atoms with Crippen molar-refractivity contribution in [3.05, 3.63) is 19.8 Å². The summed E-state index contributed by atoms with van der Waals surface area (Å²) in [5, 5.41) is 3.74. The van der Waals surface area contributed by atoms with Crippen LogP contribution in [0.2, 0.25) is 4.34 Å². The van der Waals surface area contributed by atoms with Crippen LogP contribution in [0.3, 0.4) is 0 Å². The maximum absolute atomic E-state index is 6.20. The van der Waals surface area contributed by atoms with Crippen LogP contribution in [-0.2, 0) is 0 Å². The Kier molecular flexibility index (Phi) is 4.05. The molecule has 0 bridgehead atoms. The van der Waals surface area contributed by atoms with E-state index in [9.17, 15) is 0 Å². The zero-order valence-electron chi connectivity index (χ0n) is 10.6. The molecule has 18 heavy (non-hydrogen) atoms. The van der Waals surface area contributed by atoms with Crippen LogP contribution in [-0.4, -0.2) is 6.54 Å². The van der Waals surface area contributed by atoms with Crippen molar-refractivity contribution in [1.29, 1.82) is 0 Å². The second-order valence-corrected chi connectivity index (χ2v) is 8.23. The molecular weight excluding hydrogens is 330 g/mol. The van der Waals surface area contributed by atoms with Gasteiger partial charge in [0.25, 0.3) is 0 Å². The molecule has 0 saturated heterocycles. The number of rotatable bonds is 5. The highest BCUT2D eigenvalue weighted by molar-refractivity contribution is 9.10. The largest absolute Gasteiger partial charge is 0.309 e. The van der Waals surface area contributed by atoms with E-state index in [-0.39, 0.29) is 0 Å². The summed E-state index contributed by atoms with van der Waals surface area (Å²) in [6, 6.07) is 2.73. The van der Waals surface area contributed by atoms with E-state index in [1.54, 1.807) is 11.3 Å². The van der Waals surface area contributed by atoms with Gasteiger partial charge in [-0.25, -0.2) is 0 Å². The lowest BCUT2D eigenvalue weighted by Crippen LogP contribution is -2.27. The van der Waals surface area contributed by atoms with Crippen LogP contribution < -0.4 is 5.32 Å². The van der Waals surface area contributed by atoms with E-state index < -0.39 is 0 Å². The quantitative estimate of drug-likeness (QED) is 0.766. The molecule has 100 valence electrons. The van der Waals surface area contributed by atoms with Gasteiger partial charge in [-0.3, -0.25) is 0 Å². The molecule has 0 aliphatic heterocycles. The normalized spacial score (nSPS) is 31.4. The molecule has 2 fully saturated rings. The van der Waals surface area contributed by atoms with Crippen molar-refractivity contribution in [2.75, 3.05) is 6.54 Å². The molecule has 1 aromatic rings. The minimum absolute atomic E-state index is 0.520. The van der Waals surface area contributed by atoms with Gasteiger partial charge >= 0.3 is 0 Å². The van der Waals surface area contributed by atoms with Gasteiger partial charge in [0.05, 0.1) is 0 Å². The second-order valence-electron chi connectivity index (χ2n) is 5.69. The Morgan fingerprint density at radius 3 is 2.72 bits per heavy atom. The van der Waals surface area contributed by atoms with Crippen molar-refractivity contribution in [2.24, 2.45) is 17.8 Å². The van der Waals surface area contributed by atoms with Gasteiger partial charge in [0.15, 0.2) is 0 Å². The fraction of sp³-hybridized carbons (Fsp3) is 0.714. The lowest BCUT2D eigenvalue weighted by molar-refractivity contribution is 0.346. The first-order valence-corrected chi connectivity index (χ1v) is 8.86. The molecule has 0 aromatic carbocycles. The summed E-state index contributed by atoms with van der Waals surface area (Å²) in [5.41, 5.74) is 0. The monoisotopic (exact) mass is 347 g/mol. The van der Waals surface area contributed by atoms with E-state index in [0.717, 1.165) is 33.1 Å². The zero-order chi connectivity index (χ0) is 12.7. The van der Waals surface area contributed by atoms with Crippen molar-refractivity contribution in [2.45, 2.75) is 38.6 Å². The molecule has 3 rings (SSSR count). The Balaban J connectivity index is 1.75. The molecule has 1 nitrogen and oxygen atoms in total. The van der Waals surface area contributed by atoms with Crippen LogP contribution in [0, 0.1) is 17.8 Å². The van der Waals surface area contributed by atoms with Gasteiger partial charge in [0, 0.05) is 15.4 Å². The minimum atomic E-state index is 0.520. The molecule has 2 saturated carbocycles. The van der Waals surface area contributed by atoms with Gasteiger partial charge in [-0.05, 0) is 72.0 Å². The van der Waals surface area contributed by atoms with E-state index in [1.165, 1.54) is 30.6 Å². The van der Waals surface area contributed by atoms with E-state index in [0.29, 0.717) is 6.04 Å². The molecule has 4 heteroatoms. The van der Waals surface area contributed by atoms with E-state index in [4.69, 9.17) is 11.6 Å². The van der Waals surface area contributed by atoms with Crippen LogP contribution in [0.25, 0.3) is 0 Å². The predicted molar refractivity (Wildman–Crippen MR) is 82.4 cm³/mol. The topological polar surface area (TPSA) is 12.0 Å². The van der Waals surface area contributed by atoms with Crippen molar-refractivity contribution in [1.82, 2.24) is 5.32 Å². The Morgan fingerprint density at radius 1 is 1.44 bits per heavy atom. The van der Waals surface area contributed by atoms with Gasteiger partial charge in [-0.15, -0.1) is 11.3 Å². The summed E-state index contributed by atoms with van der Waals surface area (Å²) in [5.74, 6) is 2.90. The third-order valence-electron chi connectivity index (χ3n) is 4.34. The summed E-state index contributed by atoms with van der Waals surface area (Å²) in [4.78, 5) is 1.41. The van der Waals surface area contributed by atoms with Crippen molar-refractivity contribution < 1.29 is 0 Å². The summed E-state index contributed by atoms with van der Waals surface area (Å²) in [6.07, 6.45) is 5.51. The Labute approximate surface area is 126 Å². The third kappa shape index (κ3) is 2.65. The molecule has 2 aliphatic rings. The summed E-state index contributed by atoms with van der Waals surface area (Å²) in [7, 11) is 0. The molecule has 1 heterocycles. The first-order chi connectivity index (χ1) is 8.69. The molecule has 2 aliphatic carbocycles. The van der Waals surface area contributed by atoms with Crippen molar-refractivity contribution >= 4 is 38.9 Å². The number of hydrogen-bond acceptors (Lipinski definition) is 2. The first kappa shape index (κ1) is 13.4. The number of hydrogen-bond donors (Lipinski definition) is 1. The summed E-state index contributed by atoms with van der Waals surface area (Å²) < 4.78 is 1.94. The Bertz CT molecular complexity index is 404. The fourth-order valence-electron chi connectivity index (χ4n) is 3.35. The van der Waals surface area contributed by atoms with Crippen LogP contribution >= 0.6 is 38.9 Å². The van der Waals surface area contributed by atoms with E-state index >= 15 is 0 Å². The predicted octanol–water partition coefficient (Wildman–Crippen LogP) is 5.25. The molecule has 3 unspecified atom stereocenters. The molecule has 0 spiro atoms. The SMILES string of the molecule is CCCNC(c1cc(Br)c(Cl)s1)C1CC2CC2C1. The standard InChI is InChI=1S/C14H19BrClNS/c1-2-3-17-13(10-5-8-4-9(8)6-10)12-7-11(15)14(16)18-12/h7-10,13,17H,2-6H2,1H3. The van der Waals surface area contributed by atoms with Gasteiger partial charge in [-0.1, -0.05) is 18.5 Å². The zero-order valence-corrected chi connectivity index (χ0v) is 13.7. The van der Waals surface area contributed by atoms with Gasteiger partial charge in [0.2, 0.25) is 0 Å². The third-order valence-corrected chi connectivity index (χ3v) is 6.89. The van der Waals surface area contributed by atoms with Gasteiger partial charge < -0.3 is 5.32 Å². The lowest BCUT2D eigenvalue weighted by atomic mass is 9.93. The number of halogens is 2. The molecular formula is C14H19BrClNS. The minimum Gasteiger partial charge on any atom is -0.309 e. The van der Waals surface area contributed by atoms with Crippen molar-refractivity contribution in [3.8, 4) is 0 Å². The van der Waals surface area contributed by atoms with Crippen molar-refractivity contribution in [3.63, 3.8) is 0 Å². The van der Waals surface area contributed by atoms with Gasteiger partial charge in [-0.2, -0.15) is 0 Å². The smallest absolute Gasteiger partial charge is 0.107 e. The molecule has 0 amide bonds. The highest BCUT2D eigenvalue weighted by Crippen LogP contribution is 2.57. The fourth-order valence-corrected chi connectivity index (χ4v) is 5.26. The number of thiophene rings is 1. The maximum Gasteiger partial charge on any atom is 0.107 e. The lowest BCUT2D eigenvalue weighted by Gasteiger charge is -2.25. The van der Waals surface area contributed by atoms with Crippen LogP contribution in [0.1, 0.15) is 43.5 Å². The average molecular weight is 349 g/mol. The average Bonchev–Trinajstić information content (AvgIpc) is 2.81. The highest BCUT2D eigenvalue weighted by Gasteiger charge is 2.48. The molecule has 1 aromatic heterocycles. The Hall–Kier alpha value is 0.430. The maximum atomic E-state index is 6.20. The molecule has 3 atom stereocenters.